The summed E-state index contributed by atoms with van der Waals surface area (Å²) >= 11 is 0. The van der Waals surface area contributed by atoms with Crippen molar-refractivity contribution in [3.8, 4) is 0 Å². The van der Waals surface area contributed by atoms with Gasteiger partial charge in [0, 0.05) is 12.2 Å². The molecule has 1 aromatic carbocycles. The average molecular weight is 313 g/mol. The Bertz CT molecular complexity index is 568. The molecule has 0 aromatic heterocycles. The maximum absolute atomic E-state index is 11.9. The molecule has 1 aromatic rings. The van der Waals surface area contributed by atoms with Crippen LogP contribution in [0.15, 0.2) is 24.3 Å². The van der Waals surface area contributed by atoms with Gasteiger partial charge in [-0.2, -0.15) is 0 Å². The summed E-state index contributed by atoms with van der Waals surface area (Å²) in [5.74, 6) is 0.140. The second-order valence-corrected chi connectivity index (χ2v) is 7.35. The van der Waals surface area contributed by atoms with Crippen LogP contribution in [-0.2, 0) is 21.4 Å². The van der Waals surface area contributed by atoms with Crippen LogP contribution in [0.25, 0.3) is 0 Å². The van der Waals surface area contributed by atoms with Gasteiger partial charge in [0.1, 0.15) is 0 Å². The van der Waals surface area contributed by atoms with Gasteiger partial charge in [0.25, 0.3) is 0 Å². The Labute approximate surface area is 126 Å². The number of carbonyl (C=O) groups excluding carboxylic acids is 1. The highest BCUT2D eigenvalue weighted by Gasteiger charge is 2.14. The van der Waals surface area contributed by atoms with Gasteiger partial charge in [-0.1, -0.05) is 26.0 Å². The van der Waals surface area contributed by atoms with Crippen LogP contribution in [0.1, 0.15) is 25.8 Å². The Balaban J connectivity index is 2.56. The molecular weight excluding hydrogens is 290 g/mol. The van der Waals surface area contributed by atoms with E-state index < -0.39 is 16.1 Å². The van der Waals surface area contributed by atoms with Crippen molar-refractivity contribution >= 4 is 21.6 Å². The molecule has 0 heterocycles. The SMILES string of the molecule is CC(C)C[C@H](N)C(=O)Nc1ccc(CNS(C)(=O)=O)cc1. The van der Waals surface area contributed by atoms with Crippen molar-refractivity contribution in [3.05, 3.63) is 29.8 Å². The van der Waals surface area contributed by atoms with E-state index in [4.69, 9.17) is 5.73 Å². The van der Waals surface area contributed by atoms with E-state index in [0.717, 1.165) is 11.8 Å². The van der Waals surface area contributed by atoms with Crippen LogP contribution in [0.2, 0.25) is 0 Å². The van der Waals surface area contributed by atoms with Gasteiger partial charge in [-0.15, -0.1) is 0 Å². The van der Waals surface area contributed by atoms with Gasteiger partial charge in [-0.3, -0.25) is 4.79 Å². The van der Waals surface area contributed by atoms with Crippen LogP contribution in [0.3, 0.4) is 0 Å². The summed E-state index contributed by atoms with van der Waals surface area (Å²) in [6.07, 6.45) is 1.74. The number of sulfonamides is 1. The Kier molecular flexibility index (Phi) is 6.32. The molecule has 0 saturated heterocycles. The van der Waals surface area contributed by atoms with E-state index in [1.54, 1.807) is 24.3 Å². The molecule has 0 radical (unpaired) electrons. The number of nitrogens with one attached hydrogen (secondary N) is 2. The summed E-state index contributed by atoms with van der Waals surface area (Å²) in [4.78, 5) is 11.9. The Morgan fingerprint density at radius 1 is 1.24 bits per heavy atom. The number of anilines is 1. The summed E-state index contributed by atoms with van der Waals surface area (Å²) in [5.41, 5.74) is 7.25. The molecule has 4 N–H and O–H groups in total. The molecule has 0 fully saturated rings. The number of hydrogen-bond donors (Lipinski definition) is 3. The van der Waals surface area contributed by atoms with Crippen molar-refractivity contribution in [2.24, 2.45) is 11.7 Å². The molecule has 21 heavy (non-hydrogen) atoms. The Hall–Kier alpha value is -1.44. The zero-order valence-electron chi connectivity index (χ0n) is 12.6. The monoisotopic (exact) mass is 313 g/mol. The number of rotatable bonds is 7. The standard InChI is InChI=1S/C14H23N3O3S/c1-10(2)8-13(15)14(18)17-12-6-4-11(5-7-12)9-16-21(3,19)20/h4-7,10,13,16H,8-9,15H2,1-3H3,(H,17,18)/t13-/m0/s1. The third kappa shape index (κ3) is 7.22. The number of amides is 1. The molecule has 1 rings (SSSR count). The van der Waals surface area contributed by atoms with Crippen molar-refractivity contribution in [3.63, 3.8) is 0 Å². The molecule has 1 atom stereocenters. The zero-order valence-corrected chi connectivity index (χ0v) is 13.4. The smallest absolute Gasteiger partial charge is 0.241 e. The first-order valence-electron chi connectivity index (χ1n) is 6.77. The second-order valence-electron chi connectivity index (χ2n) is 5.52. The largest absolute Gasteiger partial charge is 0.325 e. The molecule has 0 aliphatic carbocycles. The maximum atomic E-state index is 11.9. The van der Waals surface area contributed by atoms with Gasteiger partial charge in [0.05, 0.1) is 12.3 Å². The highest BCUT2D eigenvalue weighted by molar-refractivity contribution is 7.88. The molecule has 0 aliphatic heterocycles. The third-order valence-electron chi connectivity index (χ3n) is 2.82. The van der Waals surface area contributed by atoms with Gasteiger partial charge >= 0.3 is 0 Å². The number of carbonyl (C=O) groups is 1. The molecule has 1 amide bonds. The minimum atomic E-state index is -3.21. The van der Waals surface area contributed by atoms with Crippen molar-refractivity contribution in [1.29, 1.82) is 0 Å². The van der Waals surface area contributed by atoms with Crippen molar-refractivity contribution < 1.29 is 13.2 Å². The van der Waals surface area contributed by atoms with Gasteiger partial charge < -0.3 is 11.1 Å². The molecule has 0 aliphatic rings. The normalized spacial score (nSPS) is 13.2. The van der Waals surface area contributed by atoms with Crippen LogP contribution >= 0.6 is 0 Å². The lowest BCUT2D eigenvalue weighted by Gasteiger charge is -2.14. The molecule has 0 bridgehead atoms. The minimum absolute atomic E-state index is 0.217. The topological polar surface area (TPSA) is 101 Å². The predicted octanol–water partition coefficient (Wildman–Crippen LogP) is 1.05. The fourth-order valence-corrected chi connectivity index (χ4v) is 2.20. The number of nitrogens with two attached hydrogens (primary N) is 1. The lowest BCUT2D eigenvalue weighted by molar-refractivity contribution is -0.117. The van der Waals surface area contributed by atoms with E-state index in [2.05, 4.69) is 10.0 Å². The molecule has 0 unspecified atom stereocenters. The zero-order chi connectivity index (χ0) is 16.0. The van der Waals surface area contributed by atoms with E-state index in [1.165, 1.54) is 0 Å². The average Bonchev–Trinajstić information content (AvgIpc) is 2.36. The summed E-state index contributed by atoms with van der Waals surface area (Å²) < 4.78 is 24.4. The van der Waals surface area contributed by atoms with Crippen molar-refractivity contribution in [2.75, 3.05) is 11.6 Å². The predicted molar refractivity (Wildman–Crippen MR) is 84.2 cm³/mol. The molecular formula is C14H23N3O3S. The summed E-state index contributed by atoms with van der Waals surface area (Å²) in [6.45, 7) is 4.24. The van der Waals surface area contributed by atoms with Crippen molar-refractivity contribution in [1.82, 2.24) is 4.72 Å². The highest BCUT2D eigenvalue weighted by Crippen LogP contribution is 2.11. The number of hydrogen-bond acceptors (Lipinski definition) is 4. The van der Waals surface area contributed by atoms with E-state index in [-0.39, 0.29) is 12.5 Å². The minimum Gasteiger partial charge on any atom is -0.325 e. The first kappa shape index (κ1) is 17.6. The first-order valence-corrected chi connectivity index (χ1v) is 8.66. The van der Waals surface area contributed by atoms with Crippen LogP contribution < -0.4 is 15.8 Å². The molecule has 6 nitrogen and oxygen atoms in total. The van der Waals surface area contributed by atoms with Gasteiger partial charge in [0.15, 0.2) is 0 Å². The lowest BCUT2D eigenvalue weighted by atomic mass is 10.0. The number of benzene rings is 1. The van der Waals surface area contributed by atoms with E-state index in [9.17, 15) is 13.2 Å². The summed E-state index contributed by atoms with van der Waals surface area (Å²) in [6, 6.07) is 6.42. The molecule has 0 spiro atoms. The van der Waals surface area contributed by atoms with Gasteiger partial charge in [0.2, 0.25) is 15.9 Å². The van der Waals surface area contributed by atoms with E-state index in [1.807, 2.05) is 13.8 Å². The Morgan fingerprint density at radius 2 is 1.81 bits per heavy atom. The fraction of sp³-hybridized carbons (Fsp3) is 0.500. The lowest BCUT2D eigenvalue weighted by Crippen LogP contribution is -2.36. The summed E-state index contributed by atoms with van der Waals surface area (Å²) in [7, 11) is -3.21. The van der Waals surface area contributed by atoms with Gasteiger partial charge in [-0.25, -0.2) is 13.1 Å². The van der Waals surface area contributed by atoms with Crippen LogP contribution in [0.5, 0.6) is 0 Å². The van der Waals surface area contributed by atoms with Crippen LogP contribution in [0.4, 0.5) is 5.69 Å². The molecule has 7 heteroatoms. The highest BCUT2D eigenvalue weighted by atomic mass is 32.2. The summed E-state index contributed by atoms with van der Waals surface area (Å²) in [5, 5.41) is 2.74. The first-order chi connectivity index (χ1) is 9.67. The van der Waals surface area contributed by atoms with Gasteiger partial charge in [-0.05, 0) is 30.0 Å². The van der Waals surface area contributed by atoms with Crippen molar-refractivity contribution in [2.45, 2.75) is 32.9 Å². The molecule has 0 saturated carbocycles. The molecule has 118 valence electrons. The van der Waals surface area contributed by atoms with Crippen LogP contribution in [0, 0.1) is 5.92 Å². The van der Waals surface area contributed by atoms with Crippen LogP contribution in [-0.4, -0.2) is 26.6 Å². The quantitative estimate of drug-likeness (QED) is 0.700. The Morgan fingerprint density at radius 3 is 2.29 bits per heavy atom. The maximum Gasteiger partial charge on any atom is 0.241 e. The van der Waals surface area contributed by atoms with E-state index >= 15 is 0 Å². The second kappa shape index (κ2) is 7.53. The third-order valence-corrected chi connectivity index (χ3v) is 3.49. The van der Waals surface area contributed by atoms with E-state index in [0.29, 0.717) is 18.0 Å². The fourth-order valence-electron chi connectivity index (χ4n) is 1.77.